The molecule has 0 unspecified atom stereocenters. The van der Waals surface area contributed by atoms with Crippen molar-refractivity contribution in [1.82, 2.24) is 0 Å². The van der Waals surface area contributed by atoms with E-state index >= 15 is 0 Å². The molecule has 0 spiro atoms. The maximum absolute atomic E-state index is 8.52. The normalized spacial score (nSPS) is 6.00. The Morgan fingerprint density at radius 3 is 1.00 bits per heavy atom. The molecule has 0 amide bonds. The van der Waals surface area contributed by atoms with E-state index in [4.69, 9.17) is 12.6 Å². The van der Waals surface area contributed by atoms with Crippen LogP contribution < -0.4 is 64.0 Å². The largest absolute Gasteiger partial charge is 1.00 e. The quantitative estimate of drug-likeness (QED) is 0.372. The zero-order chi connectivity index (χ0) is 3.58. The van der Waals surface area contributed by atoms with Crippen LogP contribution >= 0.6 is 0 Å². The van der Waals surface area contributed by atoms with Crippen molar-refractivity contribution in [2.75, 3.05) is 0 Å². The average Bonchev–Trinajstić information content (AvgIpc) is 0.811. The van der Waals surface area contributed by atoms with Crippen LogP contribution in [0.4, 0.5) is 0 Å². The molecule has 0 aliphatic rings. The van der Waals surface area contributed by atoms with Gasteiger partial charge in [-0.25, -0.2) is 0 Å². The summed E-state index contributed by atoms with van der Waals surface area (Å²) in [7, 11) is 0. The molecule has 0 rings (SSSR count). The molecule has 0 fully saturated rings. The first-order chi connectivity index (χ1) is 1.73. The SMILES string of the molecule is [CaH2].[K+].[O-][Br+2]([O-])[O-]. The van der Waals surface area contributed by atoms with Gasteiger partial charge in [0.2, 0.25) is 14.8 Å². The van der Waals surface area contributed by atoms with Crippen LogP contribution in [0.5, 0.6) is 0 Å². The molecule has 6 heavy (non-hydrogen) atoms. The zero-order valence-electron chi connectivity index (χ0n) is 2.60. The molecule has 0 N–H and O–H groups in total. The van der Waals surface area contributed by atoms with Gasteiger partial charge in [0.15, 0.2) is 0 Å². The van der Waals surface area contributed by atoms with E-state index in [9.17, 15) is 0 Å². The minimum atomic E-state index is -3.65. The summed E-state index contributed by atoms with van der Waals surface area (Å²) in [4.78, 5) is 0. The van der Waals surface area contributed by atoms with Crippen molar-refractivity contribution in [3.8, 4) is 0 Å². The molecule has 0 atom stereocenters. The van der Waals surface area contributed by atoms with Crippen LogP contribution in [-0.4, -0.2) is 37.7 Å². The van der Waals surface area contributed by atoms with Crippen LogP contribution in [0.15, 0.2) is 0 Å². The van der Waals surface area contributed by atoms with Gasteiger partial charge in [-0.3, -0.25) is 0 Å². The second-order valence-electron chi connectivity index (χ2n) is 0.189. The molecule has 0 bridgehead atoms. The monoisotopic (exact) mass is 208 g/mol. The zero-order valence-corrected chi connectivity index (χ0v) is 7.31. The molecule has 0 aromatic rings. The van der Waals surface area contributed by atoms with Crippen molar-refractivity contribution in [3.05, 3.63) is 0 Å². The Labute approximate surface area is 113 Å². The Balaban J connectivity index is -0.0000000450. The van der Waals surface area contributed by atoms with Crippen LogP contribution in [0.2, 0.25) is 0 Å². The molecule has 0 aliphatic heterocycles. The third-order valence-corrected chi connectivity index (χ3v) is 0. The Morgan fingerprint density at radius 1 is 1.00 bits per heavy atom. The molecule has 0 aliphatic carbocycles. The first kappa shape index (κ1) is 16.1. The van der Waals surface area contributed by atoms with Crippen molar-refractivity contribution in [2.24, 2.45) is 0 Å². The summed E-state index contributed by atoms with van der Waals surface area (Å²) < 4.78 is 25.6. The van der Waals surface area contributed by atoms with Gasteiger partial charge in [-0.05, 0) is 0 Å². The molecule has 0 aromatic carbocycles. The molecule has 0 aromatic heterocycles. The smallest absolute Gasteiger partial charge is 0.405 e. The first-order valence-corrected chi connectivity index (χ1v) is 2.41. The number of hydrogen-bond donors (Lipinski definition) is 0. The van der Waals surface area contributed by atoms with Crippen LogP contribution in [0.1, 0.15) is 0 Å². The fourth-order valence-corrected chi connectivity index (χ4v) is 0. The molecule has 0 saturated carbocycles. The van der Waals surface area contributed by atoms with Gasteiger partial charge in [0.25, 0.3) is 0 Å². The summed E-state index contributed by atoms with van der Waals surface area (Å²) >= 11 is -3.65. The van der Waals surface area contributed by atoms with E-state index in [0.717, 1.165) is 0 Å². The second-order valence-corrected chi connectivity index (χ2v) is 0.982. The van der Waals surface area contributed by atoms with Gasteiger partial charge in [-0.1, -0.05) is 0 Å². The van der Waals surface area contributed by atoms with E-state index in [1.165, 1.54) is 0 Å². The van der Waals surface area contributed by atoms with Crippen molar-refractivity contribution < 1.29 is 78.8 Å². The summed E-state index contributed by atoms with van der Waals surface area (Å²) in [6, 6.07) is 0. The number of hydrogen-bond acceptors (Lipinski definition) is 3. The maximum atomic E-state index is 8.52. The van der Waals surface area contributed by atoms with Gasteiger partial charge in [-0.15, -0.1) is 0 Å². The summed E-state index contributed by atoms with van der Waals surface area (Å²) in [6.07, 6.45) is 0. The van der Waals surface area contributed by atoms with Crippen molar-refractivity contribution >= 4 is 37.7 Å². The summed E-state index contributed by atoms with van der Waals surface area (Å²) in [5.74, 6) is 0. The van der Waals surface area contributed by atoms with Crippen molar-refractivity contribution in [3.63, 3.8) is 0 Å². The summed E-state index contributed by atoms with van der Waals surface area (Å²) in [5.41, 5.74) is 0. The van der Waals surface area contributed by atoms with E-state index in [-0.39, 0.29) is 89.1 Å². The van der Waals surface area contributed by atoms with Crippen molar-refractivity contribution in [2.45, 2.75) is 0 Å². The Bertz CT molecular complexity index is 15.5. The van der Waals surface area contributed by atoms with Gasteiger partial charge in [0.05, 0.1) is 0 Å². The van der Waals surface area contributed by atoms with Gasteiger partial charge >= 0.3 is 89.1 Å². The predicted molar refractivity (Wildman–Crippen MR) is 8.54 cm³/mol. The molecular weight excluding hydrogens is 207 g/mol. The number of halogens is 1. The van der Waals surface area contributed by atoms with E-state index in [1.807, 2.05) is 0 Å². The molecule has 0 saturated heterocycles. The molecule has 30 valence electrons. The van der Waals surface area contributed by atoms with Gasteiger partial charge in [0, 0.05) is 0 Å². The Kier molecular flexibility index (Phi) is 29.8. The molecule has 0 heterocycles. The van der Waals surface area contributed by atoms with E-state index in [2.05, 4.69) is 0 Å². The van der Waals surface area contributed by atoms with Crippen LogP contribution in [0.3, 0.4) is 0 Å². The van der Waals surface area contributed by atoms with Gasteiger partial charge in [0.1, 0.15) is 0 Å². The third kappa shape index (κ3) is 26.8. The minimum absolute atomic E-state index is 0. The standard InChI is InChI=1S/BrO3.Ca.K.2H/c2-1(3)4;;;;/q-1;;+1;;. The Hall–Kier alpha value is 3.26. The van der Waals surface area contributed by atoms with Crippen LogP contribution in [-0.2, 0) is 0 Å². The Morgan fingerprint density at radius 2 is 1.00 bits per heavy atom. The molecular formula is H2BrCaKO3. The van der Waals surface area contributed by atoms with Crippen molar-refractivity contribution in [1.29, 1.82) is 0 Å². The van der Waals surface area contributed by atoms with Gasteiger partial charge < -0.3 is 12.6 Å². The summed E-state index contributed by atoms with van der Waals surface area (Å²) in [6.45, 7) is 0. The van der Waals surface area contributed by atoms with E-state index < -0.39 is 14.8 Å². The topological polar surface area (TPSA) is 69.2 Å². The van der Waals surface area contributed by atoms with E-state index in [0.29, 0.717) is 0 Å². The van der Waals surface area contributed by atoms with Gasteiger partial charge in [-0.2, -0.15) is 0 Å². The van der Waals surface area contributed by atoms with Crippen LogP contribution in [0, 0.1) is 14.8 Å². The van der Waals surface area contributed by atoms with E-state index in [1.54, 1.807) is 0 Å². The fraction of sp³-hybridized carbons (Fsp3) is 0. The molecule has 6 heteroatoms. The fourth-order valence-electron chi connectivity index (χ4n) is 0. The number of rotatable bonds is 0. The molecule has 0 radical (unpaired) electrons. The predicted octanol–water partition coefficient (Wildman–Crippen LogP) is -7.48. The minimum Gasteiger partial charge on any atom is -0.405 e. The first-order valence-electron chi connectivity index (χ1n) is 0.463. The average molecular weight is 209 g/mol. The van der Waals surface area contributed by atoms with Crippen LogP contribution in [0.25, 0.3) is 0 Å². The third-order valence-electron chi connectivity index (χ3n) is 0. The second kappa shape index (κ2) is 11.1. The molecule has 3 nitrogen and oxygen atoms in total. The maximum Gasteiger partial charge on any atom is 1.00 e. The summed E-state index contributed by atoms with van der Waals surface area (Å²) in [5, 5.41) is 0.